The van der Waals surface area contributed by atoms with E-state index in [-0.39, 0.29) is 17.2 Å². The Bertz CT molecular complexity index is 1650. The average molecular weight is 525 g/mol. The van der Waals surface area contributed by atoms with E-state index >= 15 is 0 Å². The highest BCUT2D eigenvalue weighted by Gasteiger charge is 2.19. The lowest BCUT2D eigenvalue weighted by molar-refractivity contribution is -0.116. The molecule has 0 aliphatic heterocycles. The largest absolute Gasteiger partial charge is 0.497 e. The number of aromatic nitrogens is 3. The number of carbonyl (C=O) groups is 1. The highest BCUT2D eigenvalue weighted by atomic mass is 32.1. The second kappa shape index (κ2) is 10.7. The Morgan fingerprint density at radius 1 is 0.974 bits per heavy atom. The van der Waals surface area contributed by atoms with E-state index in [0.29, 0.717) is 16.5 Å². The third kappa shape index (κ3) is 5.02. The standard InChI is InChI=1S/C28H24N6O3S/c1-18(35)33(2)22-13-11-21(12-14-22)30-31-26-25(20-7-5-4-6-8-20)32-34(27(26)36)28-29-24(17-38-28)19-9-15-23(37-3)16-10-19/h4-17,32H,1-3H3. The highest BCUT2D eigenvalue weighted by molar-refractivity contribution is 7.12. The number of ether oxygens (including phenoxy) is 1. The number of nitrogens with one attached hydrogen (secondary N) is 1. The fraction of sp³-hybridized carbons (Fsp3) is 0.107. The van der Waals surface area contributed by atoms with Crippen molar-refractivity contribution in [3.05, 3.63) is 94.6 Å². The second-order valence-corrected chi connectivity index (χ2v) is 9.22. The summed E-state index contributed by atoms with van der Waals surface area (Å²) >= 11 is 1.34. The maximum absolute atomic E-state index is 13.5. The molecule has 9 nitrogen and oxygen atoms in total. The first kappa shape index (κ1) is 24.8. The molecule has 0 spiro atoms. The highest BCUT2D eigenvalue weighted by Crippen LogP contribution is 2.30. The zero-order valence-corrected chi connectivity index (χ0v) is 21.8. The van der Waals surface area contributed by atoms with Crippen LogP contribution in [0, 0.1) is 0 Å². The number of nitrogens with zero attached hydrogens (tertiary/aromatic N) is 5. The summed E-state index contributed by atoms with van der Waals surface area (Å²) in [6, 6.07) is 24.1. The normalized spacial score (nSPS) is 11.1. The van der Waals surface area contributed by atoms with Gasteiger partial charge in [0, 0.05) is 36.2 Å². The minimum absolute atomic E-state index is 0.0721. The number of hydrogen-bond acceptors (Lipinski definition) is 7. The van der Waals surface area contributed by atoms with Gasteiger partial charge in [-0.3, -0.25) is 14.7 Å². The molecule has 3 aromatic carbocycles. The smallest absolute Gasteiger partial charge is 0.301 e. The Balaban J connectivity index is 1.51. The Labute approximate surface area is 222 Å². The lowest BCUT2D eigenvalue weighted by Crippen LogP contribution is -2.22. The first-order valence-corrected chi connectivity index (χ1v) is 12.6. The van der Waals surface area contributed by atoms with E-state index in [1.54, 1.807) is 38.4 Å². The van der Waals surface area contributed by atoms with Crippen molar-refractivity contribution in [3.8, 4) is 33.4 Å². The van der Waals surface area contributed by atoms with Crippen molar-refractivity contribution in [2.24, 2.45) is 10.2 Å². The van der Waals surface area contributed by atoms with Gasteiger partial charge in [-0.15, -0.1) is 16.5 Å². The molecule has 2 heterocycles. The van der Waals surface area contributed by atoms with Crippen LogP contribution in [-0.4, -0.2) is 34.8 Å². The van der Waals surface area contributed by atoms with E-state index in [9.17, 15) is 9.59 Å². The number of benzene rings is 3. The minimum Gasteiger partial charge on any atom is -0.497 e. The monoisotopic (exact) mass is 524 g/mol. The summed E-state index contributed by atoms with van der Waals surface area (Å²) in [4.78, 5) is 31.3. The molecule has 0 bridgehead atoms. The van der Waals surface area contributed by atoms with Crippen molar-refractivity contribution in [2.75, 3.05) is 19.1 Å². The van der Waals surface area contributed by atoms with E-state index in [4.69, 9.17) is 4.74 Å². The molecule has 2 aromatic heterocycles. The molecular weight excluding hydrogens is 500 g/mol. The Hall–Kier alpha value is -4.83. The molecular formula is C28H24N6O3S. The third-order valence-corrected chi connectivity index (χ3v) is 6.80. The van der Waals surface area contributed by atoms with Gasteiger partial charge in [0.2, 0.25) is 11.0 Å². The fourth-order valence-corrected chi connectivity index (χ4v) is 4.55. The van der Waals surface area contributed by atoms with Gasteiger partial charge in [-0.25, -0.2) is 4.98 Å². The van der Waals surface area contributed by atoms with E-state index in [1.165, 1.54) is 27.8 Å². The fourth-order valence-electron chi connectivity index (χ4n) is 3.76. The van der Waals surface area contributed by atoms with Crippen LogP contribution in [0.15, 0.2) is 99.3 Å². The van der Waals surface area contributed by atoms with Gasteiger partial charge in [-0.1, -0.05) is 30.3 Å². The number of azo groups is 1. The lowest BCUT2D eigenvalue weighted by Gasteiger charge is -2.14. The predicted octanol–water partition coefficient (Wildman–Crippen LogP) is 6.36. The molecule has 0 saturated carbocycles. The summed E-state index contributed by atoms with van der Waals surface area (Å²) in [5, 5.41) is 14.2. The van der Waals surface area contributed by atoms with Crippen LogP contribution < -0.4 is 15.2 Å². The molecule has 0 atom stereocenters. The third-order valence-electron chi connectivity index (χ3n) is 5.97. The molecule has 5 rings (SSSR count). The molecule has 0 fully saturated rings. The SMILES string of the molecule is COc1ccc(-c2csc(-n3[nH]c(-c4ccccc4)c(N=Nc4ccc(N(C)C(C)=O)cc4)c3=O)n2)cc1. The first-order chi connectivity index (χ1) is 18.4. The van der Waals surface area contributed by atoms with Gasteiger partial charge in [0.1, 0.15) is 5.75 Å². The van der Waals surface area contributed by atoms with Crippen molar-refractivity contribution >= 4 is 34.3 Å². The second-order valence-electron chi connectivity index (χ2n) is 8.38. The van der Waals surface area contributed by atoms with Crippen molar-refractivity contribution in [1.29, 1.82) is 0 Å². The number of carbonyl (C=O) groups excluding carboxylic acids is 1. The van der Waals surface area contributed by atoms with Crippen LogP contribution in [0.2, 0.25) is 0 Å². The summed E-state index contributed by atoms with van der Waals surface area (Å²) < 4.78 is 6.62. The maximum Gasteiger partial charge on any atom is 0.301 e. The van der Waals surface area contributed by atoms with Crippen LogP contribution in [0.3, 0.4) is 0 Å². The van der Waals surface area contributed by atoms with Crippen LogP contribution in [0.1, 0.15) is 6.92 Å². The number of thiazole rings is 1. The lowest BCUT2D eigenvalue weighted by atomic mass is 10.1. The van der Waals surface area contributed by atoms with Gasteiger partial charge in [-0.2, -0.15) is 9.80 Å². The van der Waals surface area contributed by atoms with Gasteiger partial charge in [0.05, 0.1) is 24.2 Å². The Kier molecular flexibility index (Phi) is 6.96. The summed E-state index contributed by atoms with van der Waals surface area (Å²) in [5.74, 6) is 0.685. The van der Waals surface area contributed by atoms with E-state index in [1.807, 2.05) is 60.0 Å². The first-order valence-electron chi connectivity index (χ1n) is 11.7. The number of H-pyrrole nitrogens is 1. The molecule has 0 unspecified atom stereocenters. The van der Waals surface area contributed by atoms with Crippen molar-refractivity contribution in [3.63, 3.8) is 0 Å². The van der Waals surface area contributed by atoms with Crippen LogP contribution in [0.25, 0.3) is 27.6 Å². The molecule has 5 aromatic rings. The summed E-state index contributed by atoms with van der Waals surface area (Å²) in [6.45, 7) is 1.50. The maximum atomic E-state index is 13.5. The minimum atomic E-state index is -0.365. The number of methoxy groups -OCH3 is 1. The number of aromatic amines is 1. The van der Waals surface area contributed by atoms with Crippen LogP contribution in [-0.2, 0) is 4.79 Å². The molecule has 1 N–H and O–H groups in total. The molecule has 0 aliphatic carbocycles. The predicted molar refractivity (Wildman–Crippen MR) is 149 cm³/mol. The van der Waals surface area contributed by atoms with Crippen molar-refractivity contribution in [1.82, 2.24) is 14.8 Å². The molecule has 38 heavy (non-hydrogen) atoms. The molecule has 0 saturated heterocycles. The zero-order valence-electron chi connectivity index (χ0n) is 21.0. The number of rotatable bonds is 7. The molecule has 10 heteroatoms. The summed E-state index contributed by atoms with van der Waals surface area (Å²) in [6.07, 6.45) is 0. The van der Waals surface area contributed by atoms with Gasteiger partial charge in [0.25, 0.3) is 0 Å². The van der Waals surface area contributed by atoms with E-state index < -0.39 is 0 Å². The molecule has 0 radical (unpaired) electrons. The van der Waals surface area contributed by atoms with E-state index in [2.05, 4.69) is 20.3 Å². The number of anilines is 1. The van der Waals surface area contributed by atoms with Crippen LogP contribution >= 0.6 is 11.3 Å². The zero-order chi connectivity index (χ0) is 26.6. The quantitative estimate of drug-likeness (QED) is 0.250. The molecule has 0 aliphatic rings. The summed E-state index contributed by atoms with van der Waals surface area (Å²) in [7, 11) is 3.32. The molecule has 1 amide bonds. The molecule has 190 valence electrons. The van der Waals surface area contributed by atoms with Gasteiger partial charge in [0.15, 0.2) is 5.69 Å². The van der Waals surface area contributed by atoms with Crippen molar-refractivity contribution in [2.45, 2.75) is 6.92 Å². The summed E-state index contributed by atoms with van der Waals surface area (Å²) in [5.41, 5.74) is 4.08. The van der Waals surface area contributed by atoms with Gasteiger partial charge >= 0.3 is 5.56 Å². The van der Waals surface area contributed by atoms with Crippen LogP contribution in [0.5, 0.6) is 5.75 Å². The number of amides is 1. The Morgan fingerprint density at radius 2 is 1.68 bits per heavy atom. The average Bonchev–Trinajstić information content (AvgIpc) is 3.57. The van der Waals surface area contributed by atoms with Crippen molar-refractivity contribution < 1.29 is 9.53 Å². The van der Waals surface area contributed by atoms with Gasteiger partial charge in [-0.05, 0) is 48.5 Å². The number of hydrogen-bond donors (Lipinski definition) is 1. The van der Waals surface area contributed by atoms with E-state index in [0.717, 1.165) is 28.3 Å². The van der Waals surface area contributed by atoms with Gasteiger partial charge < -0.3 is 9.64 Å². The van der Waals surface area contributed by atoms with Crippen LogP contribution in [0.4, 0.5) is 17.1 Å². The topological polar surface area (TPSA) is 105 Å². The Morgan fingerprint density at radius 3 is 2.34 bits per heavy atom.